The molecule has 0 radical (unpaired) electrons. The molecule has 0 aliphatic carbocycles. The van der Waals surface area contributed by atoms with Crippen molar-refractivity contribution in [2.45, 2.75) is 19.9 Å². The fourth-order valence-corrected chi connectivity index (χ4v) is 3.33. The van der Waals surface area contributed by atoms with E-state index in [1.54, 1.807) is 11.3 Å². The standard InChI is InChI=1S/C13H17N3O2S2/c1-3-16(4-2)10(8-6-5-7-20-8)9-11(17)14-13(19)15-12(9)18/h5-7,10H,3-4H2,1-2H3,(H3,14,15,17,18,19). The molecule has 0 fully saturated rings. The Kier molecular flexibility index (Phi) is 4.74. The first-order chi connectivity index (χ1) is 9.58. The maximum Gasteiger partial charge on any atom is 0.260 e. The molecule has 2 aromatic rings. The van der Waals surface area contributed by atoms with Crippen LogP contribution in [-0.4, -0.2) is 33.1 Å². The first-order valence-corrected chi connectivity index (χ1v) is 7.70. The quantitative estimate of drug-likeness (QED) is 0.742. The molecule has 7 heteroatoms. The fourth-order valence-electron chi connectivity index (χ4n) is 2.28. The van der Waals surface area contributed by atoms with Crippen LogP contribution in [0.1, 0.15) is 30.3 Å². The maximum absolute atomic E-state index is 12.2. The van der Waals surface area contributed by atoms with Gasteiger partial charge in [0.2, 0.25) is 5.88 Å². The highest BCUT2D eigenvalue weighted by molar-refractivity contribution is 7.71. The van der Waals surface area contributed by atoms with Gasteiger partial charge in [0.25, 0.3) is 5.56 Å². The zero-order valence-corrected chi connectivity index (χ0v) is 13.0. The summed E-state index contributed by atoms with van der Waals surface area (Å²) in [5.41, 5.74) is -0.0405. The monoisotopic (exact) mass is 311 g/mol. The van der Waals surface area contributed by atoms with Crippen LogP contribution in [0.5, 0.6) is 5.88 Å². The Bertz CT molecular complexity index is 672. The molecule has 20 heavy (non-hydrogen) atoms. The van der Waals surface area contributed by atoms with Crippen LogP contribution in [0.25, 0.3) is 0 Å². The zero-order chi connectivity index (χ0) is 14.7. The molecule has 0 amide bonds. The third-order valence-corrected chi connectivity index (χ3v) is 4.35. The van der Waals surface area contributed by atoms with Crippen molar-refractivity contribution >= 4 is 23.6 Å². The van der Waals surface area contributed by atoms with Gasteiger partial charge < -0.3 is 10.1 Å². The van der Waals surface area contributed by atoms with Crippen molar-refractivity contribution in [1.82, 2.24) is 14.9 Å². The predicted octanol–water partition coefficient (Wildman–Crippen LogP) is 2.63. The number of nitrogens with one attached hydrogen (secondary N) is 2. The normalized spacial score (nSPS) is 12.8. The van der Waals surface area contributed by atoms with E-state index in [0.717, 1.165) is 18.0 Å². The zero-order valence-electron chi connectivity index (χ0n) is 11.3. The predicted molar refractivity (Wildman–Crippen MR) is 83.0 cm³/mol. The number of hydrogen-bond acceptors (Lipinski definition) is 5. The second-order valence-corrected chi connectivity index (χ2v) is 5.70. The van der Waals surface area contributed by atoms with Crippen molar-refractivity contribution in [3.8, 4) is 5.88 Å². The second kappa shape index (κ2) is 6.34. The Morgan fingerprint density at radius 2 is 2.10 bits per heavy atom. The number of aromatic nitrogens is 2. The maximum atomic E-state index is 12.2. The van der Waals surface area contributed by atoms with Crippen molar-refractivity contribution in [2.75, 3.05) is 13.1 Å². The number of aromatic amines is 2. The van der Waals surface area contributed by atoms with Gasteiger partial charge in [0.15, 0.2) is 4.77 Å². The van der Waals surface area contributed by atoms with Crippen molar-refractivity contribution in [2.24, 2.45) is 0 Å². The Balaban J connectivity index is 2.64. The van der Waals surface area contributed by atoms with Crippen molar-refractivity contribution < 1.29 is 5.11 Å². The lowest BCUT2D eigenvalue weighted by molar-refractivity contribution is 0.246. The minimum Gasteiger partial charge on any atom is -0.494 e. The molecule has 0 aromatic carbocycles. The van der Waals surface area contributed by atoms with E-state index in [2.05, 4.69) is 14.9 Å². The van der Waals surface area contributed by atoms with Crippen LogP contribution in [0.3, 0.4) is 0 Å². The molecule has 108 valence electrons. The van der Waals surface area contributed by atoms with E-state index < -0.39 is 0 Å². The number of rotatable bonds is 5. The summed E-state index contributed by atoms with van der Waals surface area (Å²) in [5.74, 6) is -0.163. The van der Waals surface area contributed by atoms with Gasteiger partial charge >= 0.3 is 0 Å². The number of nitrogens with zero attached hydrogens (tertiary/aromatic N) is 1. The third kappa shape index (κ3) is 2.84. The van der Waals surface area contributed by atoms with E-state index in [4.69, 9.17) is 12.2 Å². The Labute approximate surface area is 125 Å². The van der Waals surface area contributed by atoms with Gasteiger partial charge in [0.05, 0.1) is 11.6 Å². The first kappa shape index (κ1) is 15.0. The summed E-state index contributed by atoms with van der Waals surface area (Å²) in [5, 5.41) is 12.1. The van der Waals surface area contributed by atoms with Crippen molar-refractivity contribution in [3.05, 3.63) is 43.1 Å². The molecule has 1 unspecified atom stereocenters. The summed E-state index contributed by atoms with van der Waals surface area (Å²) in [6.07, 6.45) is 0. The number of hydrogen-bond donors (Lipinski definition) is 3. The van der Waals surface area contributed by atoms with Crippen LogP contribution in [0.4, 0.5) is 0 Å². The molecule has 0 saturated heterocycles. The number of thiophene rings is 1. The fraction of sp³-hybridized carbons (Fsp3) is 0.385. The summed E-state index contributed by atoms with van der Waals surface area (Å²) in [7, 11) is 0. The van der Waals surface area contributed by atoms with Gasteiger partial charge in [-0.25, -0.2) is 0 Å². The molecule has 1 atom stereocenters. The SMILES string of the molecule is CCN(CC)C(c1cccs1)c1c(O)[nH]c(=S)[nH]c1=O. The van der Waals surface area contributed by atoms with Gasteiger partial charge in [0.1, 0.15) is 0 Å². The third-order valence-electron chi connectivity index (χ3n) is 3.22. The minimum atomic E-state index is -0.350. The van der Waals surface area contributed by atoms with Crippen LogP contribution in [0.2, 0.25) is 0 Å². The van der Waals surface area contributed by atoms with Crippen LogP contribution < -0.4 is 5.56 Å². The van der Waals surface area contributed by atoms with E-state index in [1.807, 2.05) is 31.4 Å². The number of aromatic hydroxyl groups is 1. The molecule has 5 nitrogen and oxygen atoms in total. The van der Waals surface area contributed by atoms with E-state index in [0.29, 0.717) is 5.56 Å². The average Bonchev–Trinajstić information content (AvgIpc) is 2.90. The van der Waals surface area contributed by atoms with Crippen LogP contribution in [0, 0.1) is 4.77 Å². The second-order valence-electron chi connectivity index (χ2n) is 4.31. The van der Waals surface area contributed by atoms with Crippen molar-refractivity contribution in [1.29, 1.82) is 0 Å². The van der Waals surface area contributed by atoms with Crippen LogP contribution in [0.15, 0.2) is 22.3 Å². The topological polar surface area (TPSA) is 72.1 Å². The van der Waals surface area contributed by atoms with Gasteiger partial charge in [-0.15, -0.1) is 11.3 Å². The number of H-pyrrole nitrogens is 2. The average molecular weight is 311 g/mol. The molecular formula is C13H17N3O2S2. The molecule has 3 N–H and O–H groups in total. The molecule has 0 spiro atoms. The smallest absolute Gasteiger partial charge is 0.260 e. The van der Waals surface area contributed by atoms with E-state index >= 15 is 0 Å². The van der Waals surface area contributed by atoms with Gasteiger partial charge in [-0.2, -0.15) is 0 Å². The minimum absolute atomic E-state index is 0.126. The molecular weight excluding hydrogens is 294 g/mol. The lowest BCUT2D eigenvalue weighted by Gasteiger charge is -2.28. The molecule has 0 aliphatic rings. The van der Waals surface area contributed by atoms with Gasteiger partial charge in [-0.1, -0.05) is 19.9 Å². The summed E-state index contributed by atoms with van der Waals surface area (Å²) in [6.45, 7) is 5.60. The summed E-state index contributed by atoms with van der Waals surface area (Å²) in [4.78, 5) is 20.5. The van der Waals surface area contributed by atoms with Gasteiger partial charge in [-0.3, -0.25) is 14.7 Å². The highest BCUT2D eigenvalue weighted by Crippen LogP contribution is 2.32. The highest BCUT2D eigenvalue weighted by atomic mass is 32.1. The molecule has 2 heterocycles. The Morgan fingerprint density at radius 1 is 1.40 bits per heavy atom. The summed E-state index contributed by atoms with van der Waals surface area (Å²) in [6, 6.07) is 3.63. The summed E-state index contributed by atoms with van der Waals surface area (Å²) < 4.78 is 0.126. The largest absolute Gasteiger partial charge is 0.494 e. The first-order valence-electron chi connectivity index (χ1n) is 6.41. The van der Waals surface area contributed by atoms with Crippen LogP contribution in [-0.2, 0) is 0 Å². The van der Waals surface area contributed by atoms with Crippen LogP contribution >= 0.6 is 23.6 Å². The van der Waals surface area contributed by atoms with Gasteiger partial charge in [0, 0.05) is 4.88 Å². The molecule has 0 bridgehead atoms. The molecule has 0 aliphatic heterocycles. The lowest BCUT2D eigenvalue weighted by atomic mass is 10.1. The van der Waals surface area contributed by atoms with E-state index in [1.165, 1.54) is 0 Å². The highest BCUT2D eigenvalue weighted by Gasteiger charge is 2.27. The van der Waals surface area contributed by atoms with Crippen molar-refractivity contribution in [3.63, 3.8) is 0 Å². The van der Waals surface area contributed by atoms with E-state index in [9.17, 15) is 9.90 Å². The molecule has 2 rings (SSSR count). The lowest BCUT2D eigenvalue weighted by Crippen LogP contribution is -2.33. The van der Waals surface area contributed by atoms with E-state index in [-0.39, 0.29) is 22.3 Å². The molecule has 0 saturated carbocycles. The Hall–Kier alpha value is -1.44. The van der Waals surface area contributed by atoms with Gasteiger partial charge in [-0.05, 0) is 36.8 Å². The molecule has 2 aromatic heterocycles. The Morgan fingerprint density at radius 3 is 2.60 bits per heavy atom. The summed E-state index contributed by atoms with van der Waals surface area (Å²) >= 11 is 6.43.